The zero-order valence-electron chi connectivity index (χ0n) is 17.3. The fraction of sp³-hybridized carbons (Fsp3) is 0.346. The average molecular weight is 475 g/mol. The summed E-state index contributed by atoms with van der Waals surface area (Å²) in [6.07, 6.45) is 4.96. The molecule has 1 spiro atoms. The maximum atomic E-state index is 10.7. The number of phenols is 1. The summed E-state index contributed by atoms with van der Waals surface area (Å²) in [7, 11) is 2.26. The number of likely N-dealkylation sites (tertiary alicyclic amines) is 1. The van der Waals surface area contributed by atoms with Crippen molar-refractivity contribution in [2.75, 3.05) is 13.6 Å². The molecule has 2 aliphatic heterocycles. The summed E-state index contributed by atoms with van der Waals surface area (Å²) in [5.74, 6) is 1.45. The summed E-state index contributed by atoms with van der Waals surface area (Å²) in [5.41, 5.74) is 7.23. The first kappa shape index (κ1) is 18.2. The van der Waals surface area contributed by atoms with Gasteiger partial charge in [-0.1, -0.05) is 34.1 Å². The van der Waals surface area contributed by atoms with Gasteiger partial charge in [0.05, 0.1) is 5.69 Å². The lowest BCUT2D eigenvalue weighted by Crippen LogP contribution is -2.62. The molecular formula is C26H23BrN2O2. The topological polar surface area (TPSA) is 45.6 Å². The van der Waals surface area contributed by atoms with E-state index in [-0.39, 0.29) is 17.3 Å². The Balaban J connectivity index is 1.43. The van der Waals surface area contributed by atoms with Gasteiger partial charge in [0.2, 0.25) is 0 Å². The minimum Gasteiger partial charge on any atom is -0.504 e. The zero-order valence-corrected chi connectivity index (χ0v) is 18.9. The smallest absolute Gasteiger partial charge is 0.166 e. The number of hydrogen-bond donors (Lipinski definition) is 1. The van der Waals surface area contributed by atoms with Crippen LogP contribution >= 0.6 is 15.9 Å². The third-order valence-corrected chi connectivity index (χ3v) is 8.79. The van der Waals surface area contributed by atoms with Gasteiger partial charge in [0.1, 0.15) is 0 Å². The number of nitrogens with zero attached hydrogens (tertiary/aromatic N) is 2. The van der Waals surface area contributed by atoms with Crippen LogP contribution in [-0.4, -0.2) is 34.6 Å². The normalized spacial score (nSPS) is 29.8. The van der Waals surface area contributed by atoms with Crippen LogP contribution in [0.5, 0.6) is 11.5 Å². The molecule has 1 saturated heterocycles. The molecule has 31 heavy (non-hydrogen) atoms. The molecule has 3 heterocycles. The van der Waals surface area contributed by atoms with Crippen LogP contribution in [-0.2, 0) is 18.3 Å². The van der Waals surface area contributed by atoms with E-state index in [4.69, 9.17) is 9.72 Å². The molecule has 5 heteroatoms. The van der Waals surface area contributed by atoms with Crippen LogP contribution in [0.2, 0.25) is 0 Å². The van der Waals surface area contributed by atoms with Crippen molar-refractivity contribution in [1.29, 1.82) is 0 Å². The highest BCUT2D eigenvalue weighted by Crippen LogP contribution is 2.66. The lowest BCUT2D eigenvalue weighted by molar-refractivity contribution is -0.0260. The third-order valence-electron chi connectivity index (χ3n) is 8.26. The number of likely N-dealkylation sites (N-methyl/N-ethyl adjacent to an activating group) is 1. The molecule has 0 unspecified atom stereocenters. The van der Waals surface area contributed by atoms with Gasteiger partial charge in [-0.05, 0) is 79.7 Å². The van der Waals surface area contributed by atoms with Crippen molar-refractivity contribution in [3.05, 3.63) is 75.5 Å². The molecule has 0 saturated carbocycles. The monoisotopic (exact) mass is 474 g/mol. The Morgan fingerprint density at radius 1 is 1.10 bits per heavy atom. The summed E-state index contributed by atoms with van der Waals surface area (Å²) in [5, 5.41) is 10.7. The lowest BCUT2D eigenvalue weighted by Gasteiger charge is -2.57. The Labute approximate surface area is 190 Å². The first-order chi connectivity index (χ1) is 15.1. The minimum atomic E-state index is -0.112. The molecule has 0 amide bonds. The summed E-state index contributed by atoms with van der Waals surface area (Å²) in [6, 6.07) is 15.1. The number of hydrogen-bond acceptors (Lipinski definition) is 4. The molecule has 1 fully saturated rings. The number of halogens is 1. The van der Waals surface area contributed by atoms with Crippen molar-refractivity contribution in [3.63, 3.8) is 0 Å². The first-order valence-electron chi connectivity index (χ1n) is 11.0. The number of aromatic nitrogens is 1. The van der Waals surface area contributed by atoms with E-state index in [1.165, 1.54) is 22.3 Å². The molecule has 7 rings (SSSR count). The highest BCUT2D eigenvalue weighted by Gasteiger charge is 2.64. The van der Waals surface area contributed by atoms with Crippen LogP contribution in [0.1, 0.15) is 34.9 Å². The Morgan fingerprint density at radius 2 is 1.94 bits per heavy atom. The van der Waals surface area contributed by atoms with E-state index in [9.17, 15) is 5.11 Å². The van der Waals surface area contributed by atoms with E-state index in [0.717, 1.165) is 41.5 Å². The van der Waals surface area contributed by atoms with Gasteiger partial charge in [0.15, 0.2) is 17.6 Å². The standard InChI is InChI=1S/C26H23BrN2O2/c1-29-9-8-26-19-11-16-10-17(14-2-5-18(27)6-3-14)13-28-23(16)25(26)31-24-21(30)7-4-15(22(24)26)12-20(19)29/h2-7,10,13,19-20,25,30H,8-9,11-12H2,1H3/t19-,20+,25-,26-/m0/s1. The van der Waals surface area contributed by atoms with E-state index in [1.807, 2.05) is 12.3 Å². The molecule has 2 bridgehead atoms. The summed E-state index contributed by atoms with van der Waals surface area (Å²) < 4.78 is 7.67. The van der Waals surface area contributed by atoms with Gasteiger partial charge in [-0.15, -0.1) is 0 Å². The van der Waals surface area contributed by atoms with Crippen molar-refractivity contribution in [3.8, 4) is 22.6 Å². The molecule has 1 N–H and O–H groups in total. The quantitative estimate of drug-likeness (QED) is 0.537. The van der Waals surface area contributed by atoms with Crippen molar-refractivity contribution in [1.82, 2.24) is 9.88 Å². The number of benzene rings is 2. The van der Waals surface area contributed by atoms with E-state index in [2.05, 4.69) is 64.3 Å². The van der Waals surface area contributed by atoms with Gasteiger partial charge in [-0.3, -0.25) is 4.98 Å². The van der Waals surface area contributed by atoms with E-state index >= 15 is 0 Å². The van der Waals surface area contributed by atoms with Gasteiger partial charge < -0.3 is 14.7 Å². The molecule has 4 nitrogen and oxygen atoms in total. The number of ether oxygens (including phenoxy) is 1. The molecule has 156 valence electrons. The van der Waals surface area contributed by atoms with Crippen LogP contribution in [0.15, 0.2) is 53.1 Å². The summed E-state index contributed by atoms with van der Waals surface area (Å²) >= 11 is 3.53. The van der Waals surface area contributed by atoms with Crippen LogP contribution in [0, 0.1) is 5.92 Å². The molecule has 0 radical (unpaired) electrons. The Kier molecular flexibility index (Phi) is 3.59. The van der Waals surface area contributed by atoms with Crippen LogP contribution in [0.4, 0.5) is 0 Å². The van der Waals surface area contributed by atoms with Gasteiger partial charge in [0.25, 0.3) is 0 Å². The van der Waals surface area contributed by atoms with Crippen LogP contribution in [0.25, 0.3) is 11.1 Å². The van der Waals surface area contributed by atoms with E-state index in [1.54, 1.807) is 0 Å². The predicted molar refractivity (Wildman–Crippen MR) is 122 cm³/mol. The second kappa shape index (κ2) is 6.11. The second-order valence-electron chi connectivity index (χ2n) is 9.57. The number of rotatable bonds is 1. The maximum Gasteiger partial charge on any atom is 0.166 e. The van der Waals surface area contributed by atoms with Gasteiger partial charge in [-0.2, -0.15) is 0 Å². The van der Waals surface area contributed by atoms with Gasteiger partial charge in [-0.25, -0.2) is 0 Å². The number of aromatic hydroxyl groups is 1. The zero-order chi connectivity index (χ0) is 20.9. The number of piperidine rings is 1. The Bertz CT molecular complexity index is 1240. The maximum absolute atomic E-state index is 10.7. The molecule has 1 aromatic heterocycles. The Morgan fingerprint density at radius 3 is 2.77 bits per heavy atom. The Hall–Kier alpha value is -2.37. The lowest BCUT2D eigenvalue weighted by atomic mass is 9.51. The SMILES string of the molecule is CN1CC[C@]23c4c5ccc(O)c4O[C@H]2c2ncc(-c4ccc(Br)cc4)cc2C[C@H]3[C@H]1C5. The molecule has 4 aliphatic rings. The minimum absolute atomic E-state index is 0.0715. The summed E-state index contributed by atoms with van der Waals surface area (Å²) in [4.78, 5) is 7.53. The first-order valence-corrected chi connectivity index (χ1v) is 11.8. The van der Waals surface area contributed by atoms with Crippen molar-refractivity contribution in [2.45, 2.75) is 36.8 Å². The second-order valence-corrected chi connectivity index (χ2v) is 10.5. The van der Waals surface area contributed by atoms with Crippen molar-refractivity contribution in [2.24, 2.45) is 5.92 Å². The van der Waals surface area contributed by atoms with E-state index < -0.39 is 0 Å². The number of fused-ring (bicyclic) bond motifs is 2. The number of phenolic OH excluding ortho intramolecular Hbond substituents is 1. The predicted octanol–water partition coefficient (Wildman–Crippen LogP) is 5.02. The molecule has 4 atom stereocenters. The fourth-order valence-corrected chi connectivity index (χ4v) is 7.13. The van der Waals surface area contributed by atoms with Gasteiger partial charge in [0, 0.05) is 33.3 Å². The van der Waals surface area contributed by atoms with E-state index in [0.29, 0.717) is 17.7 Å². The highest BCUT2D eigenvalue weighted by atomic mass is 79.9. The van der Waals surface area contributed by atoms with Crippen molar-refractivity contribution < 1.29 is 9.84 Å². The van der Waals surface area contributed by atoms with Crippen molar-refractivity contribution >= 4 is 15.9 Å². The highest BCUT2D eigenvalue weighted by molar-refractivity contribution is 9.10. The van der Waals surface area contributed by atoms with Crippen LogP contribution in [0.3, 0.4) is 0 Å². The summed E-state index contributed by atoms with van der Waals surface area (Å²) in [6.45, 7) is 1.06. The average Bonchev–Trinajstić information content (AvgIpc) is 3.13. The number of pyridine rings is 1. The molecular weight excluding hydrogens is 452 g/mol. The molecule has 2 aliphatic carbocycles. The third kappa shape index (κ3) is 2.26. The van der Waals surface area contributed by atoms with Crippen LogP contribution < -0.4 is 4.74 Å². The largest absolute Gasteiger partial charge is 0.504 e. The molecule has 3 aromatic rings. The fourth-order valence-electron chi connectivity index (χ4n) is 6.86. The van der Waals surface area contributed by atoms with Gasteiger partial charge >= 0.3 is 0 Å². The molecule has 2 aromatic carbocycles.